The topological polar surface area (TPSA) is 85.4 Å². The number of nitrogens with zero attached hydrogens (tertiary/aromatic N) is 1. The first-order chi connectivity index (χ1) is 10.8. The Bertz CT molecular complexity index is 572. The smallest absolute Gasteiger partial charge is 0.395 e. The number of aliphatic hydroxyl groups excluding tert-OH is 1. The molecule has 1 heterocycles. The molecule has 0 aliphatic heterocycles. The number of carbonyl (C=O) groups is 1. The number of anilines is 1. The third-order valence-corrected chi connectivity index (χ3v) is 3.16. The number of pyridine rings is 1. The largest absolute Gasteiger partial charge is 0.417 e. The normalized spacial score (nSPS) is 11.3. The van der Waals surface area contributed by atoms with Gasteiger partial charge in [-0.3, -0.25) is 4.79 Å². The molecule has 6 nitrogen and oxygen atoms in total. The summed E-state index contributed by atoms with van der Waals surface area (Å²) in [4.78, 5) is 26.9. The number of carbonyl (C=O) groups excluding carboxylic acids is 1. The maximum Gasteiger partial charge on any atom is 0.417 e. The van der Waals surface area contributed by atoms with Crippen molar-refractivity contribution in [3.8, 4) is 0 Å². The summed E-state index contributed by atoms with van der Waals surface area (Å²) in [7, 11) is 0. The highest BCUT2D eigenvalue weighted by atomic mass is 19.4. The van der Waals surface area contributed by atoms with E-state index in [0.717, 1.165) is 12.8 Å². The highest BCUT2D eigenvalue weighted by molar-refractivity contribution is 5.89. The molecule has 1 aromatic heterocycles. The van der Waals surface area contributed by atoms with E-state index < -0.39 is 29.0 Å². The van der Waals surface area contributed by atoms with Gasteiger partial charge >= 0.3 is 12.2 Å². The number of aromatic nitrogens is 1. The zero-order valence-corrected chi connectivity index (χ0v) is 12.7. The Hall–Kier alpha value is -2.03. The van der Waals surface area contributed by atoms with E-state index in [0.29, 0.717) is 25.2 Å². The molecule has 0 atom stereocenters. The second-order valence-electron chi connectivity index (χ2n) is 4.98. The first-order valence-corrected chi connectivity index (χ1v) is 7.26. The fraction of sp³-hybridized carbons (Fsp3) is 0.571. The predicted molar refractivity (Wildman–Crippen MR) is 79.3 cm³/mol. The number of hydrogen-bond donors (Lipinski definition) is 3. The van der Waals surface area contributed by atoms with Gasteiger partial charge in [-0.25, -0.2) is 4.79 Å². The van der Waals surface area contributed by atoms with Crippen LogP contribution >= 0.6 is 0 Å². The molecular weight excluding hydrogens is 315 g/mol. The molecule has 0 spiro atoms. The Morgan fingerprint density at radius 1 is 1.35 bits per heavy atom. The number of urea groups is 1. The number of H-pyrrole nitrogens is 1. The van der Waals surface area contributed by atoms with E-state index in [9.17, 15) is 22.8 Å². The minimum absolute atomic E-state index is 0.0341. The van der Waals surface area contributed by atoms with E-state index in [1.54, 1.807) is 0 Å². The summed E-state index contributed by atoms with van der Waals surface area (Å²) in [5, 5.41) is 11.1. The summed E-state index contributed by atoms with van der Waals surface area (Å²) < 4.78 is 37.9. The van der Waals surface area contributed by atoms with Crippen molar-refractivity contribution in [3.63, 3.8) is 0 Å². The zero-order valence-electron chi connectivity index (χ0n) is 12.7. The maximum atomic E-state index is 12.6. The third kappa shape index (κ3) is 5.93. The van der Waals surface area contributed by atoms with E-state index in [1.165, 1.54) is 4.90 Å². The van der Waals surface area contributed by atoms with Crippen molar-refractivity contribution in [2.75, 3.05) is 25.0 Å². The number of nitrogens with one attached hydrogen (secondary N) is 2. The average Bonchev–Trinajstić information content (AvgIpc) is 2.47. The van der Waals surface area contributed by atoms with Crippen molar-refractivity contribution < 1.29 is 23.1 Å². The lowest BCUT2D eigenvalue weighted by atomic mass is 10.2. The number of hydrogen-bond acceptors (Lipinski definition) is 3. The quantitative estimate of drug-likeness (QED) is 0.669. The van der Waals surface area contributed by atoms with Crippen molar-refractivity contribution in [3.05, 3.63) is 28.2 Å². The molecule has 1 rings (SSSR count). The molecule has 3 N–H and O–H groups in total. The van der Waals surface area contributed by atoms with E-state index >= 15 is 0 Å². The Morgan fingerprint density at radius 3 is 2.61 bits per heavy atom. The minimum Gasteiger partial charge on any atom is -0.395 e. The summed E-state index contributed by atoms with van der Waals surface area (Å²) >= 11 is 0. The van der Waals surface area contributed by atoms with Crippen LogP contribution in [0.1, 0.15) is 31.7 Å². The molecule has 9 heteroatoms. The van der Waals surface area contributed by atoms with E-state index in [2.05, 4.69) is 5.32 Å². The fourth-order valence-corrected chi connectivity index (χ4v) is 1.92. The highest BCUT2D eigenvalue weighted by Gasteiger charge is 2.31. The Labute approximate surface area is 131 Å². The molecule has 0 unspecified atom stereocenters. The van der Waals surface area contributed by atoms with Gasteiger partial charge in [-0.15, -0.1) is 0 Å². The number of unbranched alkanes of at least 4 members (excludes halogenated alkanes) is 2. The molecule has 1 aromatic rings. The minimum atomic E-state index is -4.63. The Morgan fingerprint density at radius 2 is 2.04 bits per heavy atom. The SMILES string of the molecule is CCCCCN(CCO)C(=O)Nc1cc(C(F)(F)F)c[nH]c1=O. The van der Waals surface area contributed by atoms with Gasteiger partial charge in [0.1, 0.15) is 5.69 Å². The second-order valence-corrected chi connectivity index (χ2v) is 4.98. The summed E-state index contributed by atoms with van der Waals surface area (Å²) in [6.07, 6.45) is -1.58. The van der Waals surface area contributed by atoms with E-state index in [4.69, 9.17) is 5.11 Å². The Kier molecular flexibility index (Phi) is 7.08. The lowest BCUT2D eigenvalue weighted by Gasteiger charge is -2.22. The summed E-state index contributed by atoms with van der Waals surface area (Å²) in [6, 6.07) is -0.139. The third-order valence-electron chi connectivity index (χ3n) is 3.16. The number of alkyl halides is 3. The van der Waals surface area contributed by atoms with Gasteiger partial charge in [0.15, 0.2) is 0 Å². The molecule has 0 fully saturated rings. The number of amides is 2. The van der Waals surface area contributed by atoms with Crippen LogP contribution in [0.3, 0.4) is 0 Å². The summed E-state index contributed by atoms with van der Waals surface area (Å²) in [6.45, 7) is 2.08. The molecule has 2 amide bonds. The van der Waals surface area contributed by atoms with Gasteiger partial charge in [0.2, 0.25) is 0 Å². The van der Waals surface area contributed by atoms with Crippen molar-refractivity contribution in [1.82, 2.24) is 9.88 Å². The predicted octanol–water partition coefficient (Wildman–Crippen LogP) is 2.41. The molecule has 0 bridgehead atoms. The first kappa shape index (κ1) is 19.0. The second kappa shape index (κ2) is 8.56. The lowest BCUT2D eigenvalue weighted by Crippen LogP contribution is -2.39. The van der Waals surface area contributed by atoms with Crippen LogP contribution in [0, 0.1) is 0 Å². The van der Waals surface area contributed by atoms with Gasteiger partial charge in [-0.05, 0) is 12.5 Å². The average molecular weight is 335 g/mol. The van der Waals surface area contributed by atoms with Crippen LogP contribution in [-0.4, -0.2) is 40.7 Å². The van der Waals surface area contributed by atoms with Gasteiger partial charge in [0.05, 0.1) is 12.2 Å². The van der Waals surface area contributed by atoms with Crippen LogP contribution in [0.2, 0.25) is 0 Å². The van der Waals surface area contributed by atoms with E-state index in [-0.39, 0.29) is 13.2 Å². The Balaban J connectivity index is 2.87. The van der Waals surface area contributed by atoms with Gasteiger partial charge in [0.25, 0.3) is 5.56 Å². The molecule has 0 saturated carbocycles. The van der Waals surface area contributed by atoms with Crippen LogP contribution in [0.5, 0.6) is 0 Å². The molecule has 23 heavy (non-hydrogen) atoms. The standard InChI is InChI=1S/C14H20F3N3O3/c1-2-3-4-5-20(6-7-21)13(23)19-11-8-10(14(15,16)17)9-18-12(11)22/h8-9,21H,2-7H2,1H3,(H,18,22)(H,19,23). The first-order valence-electron chi connectivity index (χ1n) is 7.26. The van der Waals surface area contributed by atoms with E-state index in [1.807, 2.05) is 11.9 Å². The molecule has 0 aliphatic rings. The number of aliphatic hydroxyl groups is 1. The van der Waals surface area contributed by atoms with Crippen LogP contribution in [-0.2, 0) is 6.18 Å². The number of aromatic amines is 1. The molecular formula is C14H20F3N3O3. The molecule has 130 valence electrons. The van der Waals surface area contributed by atoms with Crippen LogP contribution < -0.4 is 10.9 Å². The molecule has 0 saturated heterocycles. The maximum absolute atomic E-state index is 12.6. The molecule has 0 radical (unpaired) electrons. The van der Waals surface area contributed by atoms with Crippen molar-refractivity contribution in [2.24, 2.45) is 0 Å². The summed E-state index contributed by atoms with van der Waals surface area (Å²) in [5.74, 6) is 0. The van der Waals surface area contributed by atoms with Crippen LogP contribution in [0.25, 0.3) is 0 Å². The molecule has 0 aliphatic carbocycles. The lowest BCUT2D eigenvalue weighted by molar-refractivity contribution is -0.137. The van der Waals surface area contributed by atoms with Crippen molar-refractivity contribution in [2.45, 2.75) is 32.4 Å². The van der Waals surface area contributed by atoms with Crippen molar-refractivity contribution >= 4 is 11.7 Å². The fourth-order valence-electron chi connectivity index (χ4n) is 1.92. The number of rotatable bonds is 7. The van der Waals surface area contributed by atoms with Crippen LogP contribution in [0.4, 0.5) is 23.7 Å². The van der Waals surface area contributed by atoms with Gasteiger partial charge in [0, 0.05) is 19.3 Å². The summed E-state index contributed by atoms with van der Waals surface area (Å²) in [5.41, 5.74) is -2.38. The van der Waals surface area contributed by atoms with Gasteiger partial charge in [-0.2, -0.15) is 13.2 Å². The molecule has 0 aromatic carbocycles. The number of halogens is 3. The van der Waals surface area contributed by atoms with Gasteiger partial charge < -0.3 is 20.3 Å². The van der Waals surface area contributed by atoms with Gasteiger partial charge in [-0.1, -0.05) is 19.8 Å². The highest BCUT2D eigenvalue weighted by Crippen LogP contribution is 2.29. The van der Waals surface area contributed by atoms with Crippen LogP contribution in [0.15, 0.2) is 17.1 Å². The van der Waals surface area contributed by atoms with Crippen molar-refractivity contribution in [1.29, 1.82) is 0 Å². The monoisotopic (exact) mass is 335 g/mol. The zero-order chi connectivity index (χ0) is 17.5.